The molecule has 0 spiro atoms. The van der Waals surface area contributed by atoms with Gasteiger partial charge in [0.15, 0.2) is 0 Å². The lowest BCUT2D eigenvalue weighted by Gasteiger charge is -2.37. The lowest BCUT2D eigenvalue weighted by molar-refractivity contribution is 0.147. The Morgan fingerprint density at radius 3 is 2.28 bits per heavy atom. The molecule has 1 atom stereocenters. The van der Waals surface area contributed by atoms with E-state index in [0.29, 0.717) is 11.5 Å². The molecule has 104 valence electrons. The summed E-state index contributed by atoms with van der Waals surface area (Å²) < 4.78 is 0. The van der Waals surface area contributed by atoms with Crippen molar-refractivity contribution in [1.82, 2.24) is 5.32 Å². The number of terminal acetylenes is 1. The molecule has 0 bridgehead atoms. The third-order valence-corrected chi connectivity index (χ3v) is 4.62. The average molecular weight is 249 g/mol. The highest BCUT2D eigenvalue weighted by molar-refractivity contribution is 4.90. The zero-order valence-electron chi connectivity index (χ0n) is 12.8. The molecule has 1 heteroatoms. The standard InChI is InChI=1S/C17H31N/c1-6-8-16(7-2)18-13-14-9-11-15(12-10-14)17(3,4)5/h1,14-16,18H,7-13H2,2-5H3. The minimum absolute atomic E-state index is 0.494. The highest BCUT2D eigenvalue weighted by Crippen LogP contribution is 2.39. The van der Waals surface area contributed by atoms with Gasteiger partial charge >= 0.3 is 0 Å². The molecule has 0 heterocycles. The Morgan fingerprint density at radius 2 is 1.83 bits per heavy atom. The van der Waals surface area contributed by atoms with Crippen molar-refractivity contribution in [3.05, 3.63) is 0 Å². The smallest absolute Gasteiger partial charge is 0.0240 e. The number of hydrogen-bond donors (Lipinski definition) is 1. The highest BCUT2D eigenvalue weighted by atomic mass is 14.9. The molecule has 1 nitrogen and oxygen atoms in total. The van der Waals surface area contributed by atoms with Crippen molar-refractivity contribution in [2.45, 2.75) is 72.3 Å². The predicted molar refractivity (Wildman–Crippen MR) is 80.4 cm³/mol. The fourth-order valence-corrected chi connectivity index (χ4v) is 3.07. The first-order valence-corrected chi connectivity index (χ1v) is 7.64. The maximum atomic E-state index is 5.39. The molecular formula is C17H31N. The molecule has 1 aliphatic carbocycles. The van der Waals surface area contributed by atoms with E-state index in [1.54, 1.807) is 0 Å². The summed E-state index contributed by atoms with van der Waals surface area (Å²) in [5, 5.41) is 3.65. The summed E-state index contributed by atoms with van der Waals surface area (Å²) in [6, 6.07) is 0.523. The zero-order chi connectivity index (χ0) is 13.6. The SMILES string of the molecule is C#CCC(CC)NCC1CCC(C(C)(C)C)CC1. The molecule has 0 aromatic carbocycles. The quantitative estimate of drug-likeness (QED) is 0.719. The van der Waals surface area contributed by atoms with Crippen LogP contribution in [0.2, 0.25) is 0 Å². The Kier molecular flexibility index (Phi) is 6.22. The van der Waals surface area contributed by atoms with Crippen LogP contribution in [0.1, 0.15) is 66.2 Å². The molecule has 0 amide bonds. The average Bonchev–Trinajstić information content (AvgIpc) is 2.34. The largest absolute Gasteiger partial charge is 0.313 e. The molecule has 0 radical (unpaired) electrons. The fraction of sp³-hybridized carbons (Fsp3) is 0.882. The van der Waals surface area contributed by atoms with E-state index in [-0.39, 0.29) is 0 Å². The van der Waals surface area contributed by atoms with Gasteiger partial charge in [0.2, 0.25) is 0 Å². The van der Waals surface area contributed by atoms with Crippen molar-refractivity contribution < 1.29 is 0 Å². The van der Waals surface area contributed by atoms with Gasteiger partial charge in [-0.1, -0.05) is 27.7 Å². The van der Waals surface area contributed by atoms with Crippen molar-refractivity contribution in [2.24, 2.45) is 17.3 Å². The molecule has 0 aromatic rings. The van der Waals surface area contributed by atoms with Crippen LogP contribution in [-0.2, 0) is 0 Å². The topological polar surface area (TPSA) is 12.0 Å². The molecule has 0 saturated heterocycles. The molecule has 1 saturated carbocycles. The summed E-state index contributed by atoms with van der Waals surface area (Å²) in [5.41, 5.74) is 0.494. The lowest BCUT2D eigenvalue weighted by Crippen LogP contribution is -2.35. The molecular weight excluding hydrogens is 218 g/mol. The second-order valence-electron chi connectivity index (χ2n) is 7.01. The van der Waals surface area contributed by atoms with Gasteiger partial charge in [0.25, 0.3) is 0 Å². The summed E-state index contributed by atoms with van der Waals surface area (Å²) in [5.74, 6) is 4.56. The summed E-state index contributed by atoms with van der Waals surface area (Å²) >= 11 is 0. The Balaban J connectivity index is 2.26. The van der Waals surface area contributed by atoms with Crippen LogP contribution in [0.25, 0.3) is 0 Å². The van der Waals surface area contributed by atoms with Gasteiger partial charge in [0, 0.05) is 12.5 Å². The van der Waals surface area contributed by atoms with Crippen molar-refractivity contribution in [1.29, 1.82) is 0 Å². The normalized spacial score (nSPS) is 26.6. The third kappa shape index (κ3) is 5.02. The molecule has 1 aliphatic rings. The fourth-order valence-electron chi connectivity index (χ4n) is 3.07. The van der Waals surface area contributed by atoms with Gasteiger partial charge in [-0.05, 0) is 55.9 Å². The van der Waals surface area contributed by atoms with E-state index < -0.39 is 0 Å². The Labute approximate surface area is 114 Å². The van der Waals surface area contributed by atoms with Gasteiger partial charge in [-0.15, -0.1) is 12.3 Å². The predicted octanol–water partition coefficient (Wildman–Crippen LogP) is 4.23. The van der Waals surface area contributed by atoms with Gasteiger partial charge < -0.3 is 5.32 Å². The Hall–Kier alpha value is -0.480. The van der Waals surface area contributed by atoms with Crippen molar-refractivity contribution in [3.63, 3.8) is 0 Å². The summed E-state index contributed by atoms with van der Waals surface area (Å²) in [4.78, 5) is 0. The molecule has 1 fully saturated rings. The van der Waals surface area contributed by atoms with Gasteiger partial charge in [-0.2, -0.15) is 0 Å². The van der Waals surface area contributed by atoms with E-state index >= 15 is 0 Å². The van der Waals surface area contributed by atoms with E-state index in [1.165, 1.54) is 25.7 Å². The minimum atomic E-state index is 0.494. The molecule has 0 aliphatic heterocycles. The van der Waals surface area contributed by atoms with Crippen molar-refractivity contribution in [2.75, 3.05) is 6.54 Å². The van der Waals surface area contributed by atoms with Gasteiger partial charge in [0.05, 0.1) is 0 Å². The second-order valence-corrected chi connectivity index (χ2v) is 7.01. The van der Waals surface area contributed by atoms with Gasteiger partial charge in [-0.25, -0.2) is 0 Å². The van der Waals surface area contributed by atoms with E-state index in [9.17, 15) is 0 Å². The van der Waals surface area contributed by atoms with Crippen LogP contribution in [0.4, 0.5) is 0 Å². The van der Waals surface area contributed by atoms with E-state index in [0.717, 1.165) is 31.2 Å². The van der Waals surface area contributed by atoms with Crippen LogP contribution in [0.3, 0.4) is 0 Å². The van der Waals surface area contributed by atoms with E-state index in [2.05, 4.69) is 38.9 Å². The lowest BCUT2D eigenvalue weighted by atomic mass is 9.70. The number of rotatable bonds is 5. The molecule has 18 heavy (non-hydrogen) atoms. The maximum Gasteiger partial charge on any atom is 0.0240 e. The van der Waals surface area contributed by atoms with Crippen LogP contribution in [0, 0.1) is 29.6 Å². The Morgan fingerprint density at radius 1 is 1.22 bits per heavy atom. The first-order valence-electron chi connectivity index (χ1n) is 7.64. The third-order valence-electron chi connectivity index (χ3n) is 4.62. The second kappa shape index (κ2) is 7.19. The Bertz CT molecular complexity index is 260. The highest BCUT2D eigenvalue weighted by Gasteiger charge is 2.29. The van der Waals surface area contributed by atoms with Gasteiger partial charge in [0.1, 0.15) is 0 Å². The molecule has 1 N–H and O–H groups in total. The first-order chi connectivity index (χ1) is 8.47. The summed E-state index contributed by atoms with van der Waals surface area (Å²) in [6.45, 7) is 10.5. The minimum Gasteiger partial charge on any atom is -0.313 e. The van der Waals surface area contributed by atoms with Crippen LogP contribution in [0.15, 0.2) is 0 Å². The van der Waals surface area contributed by atoms with Crippen LogP contribution < -0.4 is 5.32 Å². The van der Waals surface area contributed by atoms with Gasteiger partial charge in [-0.3, -0.25) is 0 Å². The molecule has 1 rings (SSSR count). The molecule has 0 aromatic heterocycles. The first kappa shape index (κ1) is 15.6. The zero-order valence-corrected chi connectivity index (χ0v) is 12.8. The maximum absolute atomic E-state index is 5.39. The van der Waals surface area contributed by atoms with Crippen LogP contribution in [0.5, 0.6) is 0 Å². The van der Waals surface area contributed by atoms with E-state index in [4.69, 9.17) is 6.42 Å². The van der Waals surface area contributed by atoms with Crippen LogP contribution in [-0.4, -0.2) is 12.6 Å². The van der Waals surface area contributed by atoms with E-state index in [1.807, 2.05) is 0 Å². The number of nitrogens with one attached hydrogen (secondary N) is 1. The van der Waals surface area contributed by atoms with Crippen LogP contribution >= 0.6 is 0 Å². The monoisotopic (exact) mass is 249 g/mol. The molecule has 1 unspecified atom stereocenters. The number of hydrogen-bond acceptors (Lipinski definition) is 1. The van der Waals surface area contributed by atoms with Crippen molar-refractivity contribution in [3.8, 4) is 12.3 Å². The summed E-state index contributed by atoms with van der Waals surface area (Å²) in [7, 11) is 0. The van der Waals surface area contributed by atoms with Crippen molar-refractivity contribution >= 4 is 0 Å². The summed E-state index contributed by atoms with van der Waals surface area (Å²) in [6.07, 6.45) is 13.0.